The largest absolute Gasteiger partial charge is 0.495 e. The van der Waals surface area contributed by atoms with E-state index in [4.69, 9.17) is 4.74 Å². The number of carbonyl (C=O) groups excluding carboxylic acids is 1. The molecule has 0 bridgehead atoms. The second-order valence-corrected chi connectivity index (χ2v) is 13.6. The molecule has 1 aromatic carbocycles. The van der Waals surface area contributed by atoms with E-state index in [0.717, 1.165) is 48.9 Å². The van der Waals surface area contributed by atoms with E-state index >= 15 is 0 Å². The van der Waals surface area contributed by atoms with Crippen LogP contribution >= 0.6 is 0 Å². The van der Waals surface area contributed by atoms with Gasteiger partial charge in [0.05, 0.1) is 19.3 Å². The zero-order valence-electron chi connectivity index (χ0n) is 25.2. The number of methoxy groups -OCH3 is 1. The molecule has 0 unspecified atom stereocenters. The van der Waals surface area contributed by atoms with Gasteiger partial charge in [-0.25, -0.2) is 4.79 Å². The van der Waals surface area contributed by atoms with Crippen LogP contribution < -0.4 is 10.1 Å². The molecule has 1 aliphatic heterocycles. The first kappa shape index (κ1) is 30.0. The zero-order chi connectivity index (χ0) is 29.2. The summed E-state index contributed by atoms with van der Waals surface area (Å²) in [5, 5.41) is 14.5. The van der Waals surface area contributed by atoms with Gasteiger partial charge >= 0.3 is 5.97 Å². The fourth-order valence-electron chi connectivity index (χ4n) is 6.73. The molecular formula is C33H47N3O4. The fraction of sp³-hybridized carbons (Fsp3) is 0.606. The molecule has 2 heterocycles. The number of pyridine rings is 1. The van der Waals surface area contributed by atoms with Gasteiger partial charge in [0.15, 0.2) is 0 Å². The first-order chi connectivity index (χ1) is 18.8. The maximum absolute atomic E-state index is 14.3. The Bertz CT molecular complexity index is 1180. The highest BCUT2D eigenvalue weighted by Crippen LogP contribution is 2.49. The summed E-state index contributed by atoms with van der Waals surface area (Å²) in [5.74, 6) is -0.720. The maximum Gasteiger partial charge on any atom is 0.326 e. The highest BCUT2D eigenvalue weighted by molar-refractivity contribution is 5.87. The molecule has 2 aliphatic rings. The van der Waals surface area contributed by atoms with Gasteiger partial charge in [-0.15, -0.1) is 0 Å². The molecule has 2 N–H and O–H groups in total. The summed E-state index contributed by atoms with van der Waals surface area (Å²) in [6, 6.07) is 10.4. The summed E-state index contributed by atoms with van der Waals surface area (Å²) in [6.07, 6.45) is 6.58. The number of aliphatic carboxylic acids is 1. The van der Waals surface area contributed by atoms with Crippen LogP contribution in [0.3, 0.4) is 0 Å². The van der Waals surface area contributed by atoms with Crippen LogP contribution in [0.2, 0.25) is 0 Å². The first-order valence-corrected chi connectivity index (χ1v) is 14.7. The Morgan fingerprint density at radius 3 is 2.25 bits per heavy atom. The monoisotopic (exact) mass is 549 g/mol. The number of likely N-dealkylation sites (tertiary alicyclic amines) is 1. The van der Waals surface area contributed by atoms with Gasteiger partial charge in [-0.2, -0.15) is 0 Å². The second kappa shape index (κ2) is 11.9. The Morgan fingerprint density at radius 2 is 1.70 bits per heavy atom. The summed E-state index contributed by atoms with van der Waals surface area (Å²) in [4.78, 5) is 33.7. The number of hydrogen-bond acceptors (Lipinski definition) is 5. The third-order valence-corrected chi connectivity index (χ3v) is 8.73. The van der Waals surface area contributed by atoms with Crippen LogP contribution in [0, 0.1) is 17.3 Å². The third-order valence-electron chi connectivity index (χ3n) is 8.73. The van der Waals surface area contributed by atoms with Gasteiger partial charge in [0, 0.05) is 41.1 Å². The van der Waals surface area contributed by atoms with Crippen LogP contribution in [0.25, 0.3) is 0 Å². The van der Waals surface area contributed by atoms with E-state index in [-0.39, 0.29) is 34.6 Å². The molecule has 1 saturated heterocycles. The normalized spacial score (nSPS) is 24.2. The van der Waals surface area contributed by atoms with Gasteiger partial charge in [0.2, 0.25) is 5.91 Å². The Kier molecular flexibility index (Phi) is 8.93. The van der Waals surface area contributed by atoms with Crippen LogP contribution in [-0.2, 0) is 21.5 Å². The number of carboxylic acids is 1. The predicted octanol–water partition coefficient (Wildman–Crippen LogP) is 6.13. The maximum atomic E-state index is 14.3. The zero-order valence-corrected chi connectivity index (χ0v) is 25.2. The van der Waals surface area contributed by atoms with Crippen molar-refractivity contribution in [3.05, 3.63) is 59.4 Å². The molecular weight excluding hydrogens is 502 g/mol. The second-order valence-electron chi connectivity index (χ2n) is 13.6. The Hall–Kier alpha value is -2.93. The molecule has 1 aliphatic carbocycles. The van der Waals surface area contributed by atoms with Crippen molar-refractivity contribution in [2.24, 2.45) is 17.3 Å². The Morgan fingerprint density at radius 1 is 1.05 bits per heavy atom. The summed E-state index contributed by atoms with van der Waals surface area (Å²) < 4.78 is 5.67. The van der Waals surface area contributed by atoms with Crippen LogP contribution in [0.5, 0.6) is 5.75 Å². The number of carboxylic acid groups (broad SMARTS) is 1. The molecule has 0 spiro atoms. The van der Waals surface area contributed by atoms with E-state index in [2.05, 4.69) is 57.9 Å². The third kappa shape index (κ3) is 6.19. The molecule has 7 heteroatoms. The van der Waals surface area contributed by atoms with Crippen molar-refractivity contribution >= 4 is 11.9 Å². The number of nitrogens with zero attached hydrogens (tertiary/aromatic N) is 2. The molecule has 218 valence electrons. The lowest BCUT2D eigenvalue weighted by atomic mass is 9.72. The van der Waals surface area contributed by atoms with Gasteiger partial charge in [-0.05, 0) is 29.9 Å². The Labute approximate surface area is 239 Å². The number of nitrogens with one attached hydrogen (secondary N) is 1. The summed E-state index contributed by atoms with van der Waals surface area (Å²) in [6.45, 7) is 13.1. The molecule has 1 saturated carbocycles. The van der Waals surface area contributed by atoms with Gasteiger partial charge in [0.25, 0.3) is 0 Å². The van der Waals surface area contributed by atoms with Crippen molar-refractivity contribution in [2.75, 3.05) is 7.11 Å². The standard InChI is InChI=1S/C33H47N3O4/c1-32(2,3)25-18-23(24(40-7)20-34-25)19-35-27-26(33(4,5)6)29(31(38)39)36(28(27)21-14-10-8-11-15-21)30(37)22-16-12-9-13-17-22/h8,10-11,14-15,18,20,22,26-29,35H,9,12-13,16-17,19H2,1-7H3,(H,38,39)/t26-,27-,28-,29-/m0/s1. The summed E-state index contributed by atoms with van der Waals surface area (Å²) >= 11 is 0. The van der Waals surface area contributed by atoms with Crippen LogP contribution in [0.1, 0.15) is 96.5 Å². The van der Waals surface area contributed by atoms with E-state index in [0.29, 0.717) is 12.3 Å². The minimum Gasteiger partial charge on any atom is -0.495 e. The lowest BCUT2D eigenvalue weighted by Crippen LogP contribution is -2.49. The van der Waals surface area contributed by atoms with Crippen molar-refractivity contribution in [1.29, 1.82) is 0 Å². The minimum absolute atomic E-state index is 0.0176. The van der Waals surface area contributed by atoms with Gasteiger partial charge in [0.1, 0.15) is 11.8 Å². The Balaban J connectivity index is 1.81. The van der Waals surface area contributed by atoms with E-state index in [1.807, 2.05) is 30.3 Å². The highest BCUT2D eigenvalue weighted by atomic mass is 16.5. The number of ether oxygens (including phenoxy) is 1. The van der Waals surface area contributed by atoms with Crippen LogP contribution in [0.15, 0.2) is 42.6 Å². The SMILES string of the molecule is COc1cnc(C(C)(C)C)cc1CN[C@H]1[C@H](C(C)(C)C)[C@@H](C(=O)O)N(C(=O)C2CCCCC2)[C@H]1c1ccccc1. The van der Waals surface area contributed by atoms with Crippen molar-refractivity contribution in [3.63, 3.8) is 0 Å². The quantitative estimate of drug-likeness (QED) is 0.432. The average molecular weight is 550 g/mol. The smallest absolute Gasteiger partial charge is 0.326 e. The summed E-state index contributed by atoms with van der Waals surface area (Å²) in [7, 11) is 1.64. The molecule has 4 rings (SSSR count). The lowest BCUT2D eigenvalue weighted by molar-refractivity contribution is -0.154. The van der Waals surface area contributed by atoms with E-state index in [1.54, 1.807) is 18.2 Å². The molecule has 1 aromatic heterocycles. The number of amides is 1. The molecule has 7 nitrogen and oxygen atoms in total. The molecule has 2 aromatic rings. The van der Waals surface area contributed by atoms with Crippen molar-refractivity contribution in [1.82, 2.24) is 15.2 Å². The molecule has 40 heavy (non-hydrogen) atoms. The molecule has 0 radical (unpaired) electrons. The molecule has 2 fully saturated rings. The fourth-order valence-corrected chi connectivity index (χ4v) is 6.73. The number of aromatic nitrogens is 1. The van der Waals surface area contributed by atoms with Crippen molar-refractivity contribution in [3.8, 4) is 5.75 Å². The number of carbonyl (C=O) groups is 2. The molecule has 1 amide bonds. The minimum atomic E-state index is -0.939. The average Bonchev–Trinajstić information content (AvgIpc) is 3.28. The van der Waals surface area contributed by atoms with Crippen molar-refractivity contribution in [2.45, 2.75) is 104 Å². The number of rotatable bonds is 7. The van der Waals surface area contributed by atoms with Gasteiger partial charge < -0.3 is 20.1 Å². The topological polar surface area (TPSA) is 91.8 Å². The van der Waals surface area contributed by atoms with Crippen molar-refractivity contribution < 1.29 is 19.4 Å². The van der Waals surface area contributed by atoms with E-state index in [9.17, 15) is 14.7 Å². The number of hydrogen-bond donors (Lipinski definition) is 2. The molecule has 4 atom stereocenters. The highest BCUT2D eigenvalue weighted by Gasteiger charge is 2.58. The van der Waals surface area contributed by atoms with Crippen LogP contribution in [-0.4, -0.2) is 46.1 Å². The number of benzene rings is 1. The van der Waals surface area contributed by atoms with Gasteiger partial charge in [-0.3, -0.25) is 9.78 Å². The lowest BCUT2D eigenvalue weighted by Gasteiger charge is -2.36. The predicted molar refractivity (Wildman–Crippen MR) is 157 cm³/mol. The van der Waals surface area contributed by atoms with Crippen LogP contribution in [0.4, 0.5) is 0 Å². The summed E-state index contributed by atoms with van der Waals surface area (Å²) in [5.41, 5.74) is 2.37. The van der Waals surface area contributed by atoms with E-state index in [1.165, 1.54) is 0 Å². The first-order valence-electron chi connectivity index (χ1n) is 14.7. The van der Waals surface area contributed by atoms with Gasteiger partial charge in [-0.1, -0.05) is 91.1 Å². The van der Waals surface area contributed by atoms with E-state index < -0.39 is 18.1 Å².